The van der Waals surface area contributed by atoms with Crippen LogP contribution in [0.5, 0.6) is 0 Å². The third-order valence-corrected chi connectivity index (χ3v) is 4.92. The molecule has 1 saturated carbocycles. The minimum Gasteiger partial charge on any atom is -0.347 e. The first-order chi connectivity index (χ1) is 7.98. The van der Waals surface area contributed by atoms with Crippen molar-refractivity contribution in [2.75, 3.05) is 11.9 Å². The smallest absolute Gasteiger partial charge is 0.208 e. The lowest BCUT2D eigenvalue weighted by Crippen LogP contribution is -2.33. The van der Waals surface area contributed by atoms with Crippen LogP contribution in [0, 0.1) is 0 Å². The Morgan fingerprint density at radius 3 is 2.29 bits per heavy atom. The Morgan fingerprint density at radius 2 is 1.76 bits per heavy atom. The lowest BCUT2D eigenvalue weighted by Gasteiger charge is -2.30. The number of aromatic nitrogens is 2. The molecule has 2 rings (SSSR count). The summed E-state index contributed by atoms with van der Waals surface area (Å²) in [6, 6.07) is 0.671. The molecule has 3 nitrogen and oxygen atoms in total. The van der Waals surface area contributed by atoms with Crippen molar-refractivity contribution in [1.82, 2.24) is 10.2 Å². The molecule has 0 spiro atoms. The van der Waals surface area contributed by atoms with Gasteiger partial charge in [-0.1, -0.05) is 51.4 Å². The SMILES string of the molecule is CN(c1nnc(C(C)(C)C)s1)C1CCCCC1. The normalized spacial score (nSPS) is 18.4. The van der Waals surface area contributed by atoms with Gasteiger partial charge in [0.25, 0.3) is 0 Å². The lowest BCUT2D eigenvalue weighted by atomic mass is 9.95. The Bertz CT molecular complexity index is 361. The van der Waals surface area contributed by atoms with E-state index in [9.17, 15) is 0 Å². The predicted octanol–water partition coefficient (Wildman–Crippen LogP) is 3.60. The maximum Gasteiger partial charge on any atom is 0.208 e. The molecule has 1 aliphatic rings. The standard InChI is InChI=1S/C13H23N3S/c1-13(2,3)11-14-15-12(17-11)16(4)10-8-6-5-7-9-10/h10H,5-9H2,1-4H3. The molecule has 0 amide bonds. The summed E-state index contributed by atoms with van der Waals surface area (Å²) in [4.78, 5) is 2.34. The largest absolute Gasteiger partial charge is 0.347 e. The molecule has 1 aliphatic carbocycles. The summed E-state index contributed by atoms with van der Waals surface area (Å²) >= 11 is 1.75. The molecule has 0 N–H and O–H groups in total. The minimum absolute atomic E-state index is 0.114. The van der Waals surface area contributed by atoms with Crippen molar-refractivity contribution in [3.8, 4) is 0 Å². The maximum atomic E-state index is 4.35. The third kappa shape index (κ3) is 2.97. The summed E-state index contributed by atoms with van der Waals surface area (Å²) in [5.74, 6) is 0. The molecule has 0 radical (unpaired) electrons. The van der Waals surface area contributed by atoms with Crippen LogP contribution in [0.4, 0.5) is 5.13 Å². The van der Waals surface area contributed by atoms with Gasteiger partial charge in [0, 0.05) is 18.5 Å². The Labute approximate surface area is 108 Å². The van der Waals surface area contributed by atoms with Gasteiger partial charge in [-0.2, -0.15) is 0 Å². The van der Waals surface area contributed by atoms with Crippen molar-refractivity contribution >= 4 is 16.5 Å². The van der Waals surface area contributed by atoms with Crippen LogP contribution >= 0.6 is 11.3 Å². The van der Waals surface area contributed by atoms with Gasteiger partial charge in [-0.3, -0.25) is 0 Å². The van der Waals surface area contributed by atoms with E-state index in [4.69, 9.17) is 0 Å². The van der Waals surface area contributed by atoms with Crippen molar-refractivity contribution < 1.29 is 0 Å². The Balaban J connectivity index is 2.08. The quantitative estimate of drug-likeness (QED) is 0.806. The van der Waals surface area contributed by atoms with Gasteiger partial charge >= 0.3 is 0 Å². The summed E-state index contributed by atoms with van der Waals surface area (Å²) in [6.45, 7) is 6.58. The molecule has 1 aromatic rings. The van der Waals surface area contributed by atoms with E-state index >= 15 is 0 Å². The van der Waals surface area contributed by atoms with Crippen LogP contribution in [0.3, 0.4) is 0 Å². The van der Waals surface area contributed by atoms with Crippen LogP contribution in [-0.4, -0.2) is 23.3 Å². The highest BCUT2D eigenvalue weighted by Crippen LogP contribution is 2.32. The van der Waals surface area contributed by atoms with Crippen LogP contribution in [0.15, 0.2) is 0 Å². The second kappa shape index (κ2) is 4.92. The Kier molecular flexibility index (Phi) is 3.71. The van der Waals surface area contributed by atoms with Crippen molar-refractivity contribution in [2.45, 2.75) is 64.3 Å². The fraction of sp³-hybridized carbons (Fsp3) is 0.846. The van der Waals surface area contributed by atoms with Crippen molar-refractivity contribution in [3.05, 3.63) is 5.01 Å². The average molecular weight is 253 g/mol. The predicted molar refractivity (Wildman–Crippen MR) is 73.9 cm³/mol. The van der Waals surface area contributed by atoms with Crippen molar-refractivity contribution in [2.24, 2.45) is 0 Å². The molecule has 1 aromatic heterocycles. The van der Waals surface area contributed by atoms with E-state index < -0.39 is 0 Å². The van der Waals surface area contributed by atoms with Crippen LogP contribution in [-0.2, 0) is 5.41 Å². The molecule has 0 unspecified atom stereocenters. The first-order valence-corrected chi connectivity index (χ1v) is 7.37. The molecule has 17 heavy (non-hydrogen) atoms. The summed E-state index contributed by atoms with van der Waals surface area (Å²) in [5.41, 5.74) is 0.114. The minimum atomic E-state index is 0.114. The molecule has 0 aromatic carbocycles. The van der Waals surface area contributed by atoms with Crippen molar-refractivity contribution in [3.63, 3.8) is 0 Å². The number of nitrogens with zero attached hydrogens (tertiary/aromatic N) is 3. The van der Waals surface area contributed by atoms with Gasteiger partial charge in [0.2, 0.25) is 5.13 Å². The molecular weight excluding hydrogens is 230 g/mol. The molecular formula is C13H23N3S. The van der Waals surface area contributed by atoms with Crippen LogP contribution < -0.4 is 4.90 Å². The van der Waals surface area contributed by atoms with Gasteiger partial charge in [-0.05, 0) is 12.8 Å². The molecule has 1 heterocycles. The van der Waals surface area contributed by atoms with E-state index in [1.54, 1.807) is 11.3 Å². The average Bonchev–Trinajstić information content (AvgIpc) is 2.78. The van der Waals surface area contributed by atoms with Gasteiger partial charge < -0.3 is 4.90 Å². The summed E-state index contributed by atoms with van der Waals surface area (Å²) in [7, 11) is 2.17. The number of hydrogen-bond acceptors (Lipinski definition) is 4. The first kappa shape index (κ1) is 12.8. The van der Waals surface area contributed by atoms with Crippen LogP contribution in [0.2, 0.25) is 0 Å². The second-order valence-electron chi connectivity index (χ2n) is 6.04. The highest BCUT2D eigenvalue weighted by Gasteiger charge is 2.24. The van der Waals surface area contributed by atoms with E-state index in [1.165, 1.54) is 32.1 Å². The van der Waals surface area contributed by atoms with E-state index in [0.29, 0.717) is 6.04 Å². The fourth-order valence-electron chi connectivity index (χ4n) is 2.29. The van der Waals surface area contributed by atoms with Gasteiger partial charge in [-0.15, -0.1) is 10.2 Å². The molecule has 0 saturated heterocycles. The molecule has 0 bridgehead atoms. The number of hydrogen-bond donors (Lipinski definition) is 0. The number of rotatable bonds is 2. The summed E-state index contributed by atoms with van der Waals surface area (Å²) in [5, 5.41) is 10.9. The fourth-order valence-corrected chi connectivity index (χ4v) is 3.22. The highest BCUT2D eigenvalue weighted by molar-refractivity contribution is 7.15. The number of anilines is 1. The second-order valence-corrected chi connectivity index (χ2v) is 7.00. The maximum absolute atomic E-state index is 4.35. The zero-order valence-electron chi connectivity index (χ0n) is 11.4. The lowest BCUT2D eigenvalue weighted by molar-refractivity contribution is 0.427. The van der Waals surface area contributed by atoms with E-state index in [2.05, 4.69) is 42.9 Å². The van der Waals surface area contributed by atoms with Crippen molar-refractivity contribution in [1.29, 1.82) is 0 Å². The monoisotopic (exact) mass is 253 g/mol. The first-order valence-electron chi connectivity index (χ1n) is 6.55. The topological polar surface area (TPSA) is 29.0 Å². The third-order valence-electron chi connectivity index (χ3n) is 3.48. The summed E-state index contributed by atoms with van der Waals surface area (Å²) < 4.78 is 0. The van der Waals surface area contributed by atoms with Crippen LogP contribution in [0.1, 0.15) is 57.9 Å². The Morgan fingerprint density at radius 1 is 1.12 bits per heavy atom. The van der Waals surface area contributed by atoms with E-state index in [-0.39, 0.29) is 5.41 Å². The zero-order chi connectivity index (χ0) is 12.5. The highest BCUT2D eigenvalue weighted by atomic mass is 32.1. The van der Waals surface area contributed by atoms with Gasteiger partial charge in [0.05, 0.1) is 0 Å². The Hall–Kier alpha value is -0.640. The summed E-state index contributed by atoms with van der Waals surface area (Å²) in [6.07, 6.45) is 6.73. The molecule has 1 fully saturated rings. The molecule has 0 aliphatic heterocycles. The van der Waals surface area contributed by atoms with Gasteiger partial charge in [0.1, 0.15) is 5.01 Å². The molecule has 96 valence electrons. The van der Waals surface area contributed by atoms with Gasteiger partial charge in [-0.25, -0.2) is 0 Å². The van der Waals surface area contributed by atoms with E-state index in [1.807, 2.05) is 0 Å². The zero-order valence-corrected chi connectivity index (χ0v) is 12.2. The van der Waals surface area contributed by atoms with E-state index in [0.717, 1.165) is 10.1 Å². The molecule has 0 atom stereocenters. The molecule has 4 heteroatoms. The van der Waals surface area contributed by atoms with Crippen LogP contribution in [0.25, 0.3) is 0 Å². The van der Waals surface area contributed by atoms with Gasteiger partial charge in [0.15, 0.2) is 0 Å².